The van der Waals surface area contributed by atoms with Gasteiger partial charge in [-0.25, -0.2) is 0 Å². The fourth-order valence-electron chi connectivity index (χ4n) is 4.30. The molecule has 5 rings (SSSR count). The SMILES string of the molecule is O=C1SC(=O)N(Cc2ccccc2)C1OCCN1CN(c2ccccc2)c2ccc([N+](=O)[O-])cc2C1=O. The number of nitro benzene ring substituents is 1. The zero-order chi connectivity index (χ0) is 25.9. The van der Waals surface area contributed by atoms with E-state index in [0.29, 0.717) is 17.4 Å². The molecular weight excluding hydrogens is 496 g/mol. The number of fused-ring (bicyclic) bond motifs is 1. The van der Waals surface area contributed by atoms with Gasteiger partial charge < -0.3 is 14.5 Å². The molecule has 37 heavy (non-hydrogen) atoms. The molecule has 188 valence electrons. The number of nitro groups is 1. The molecular formula is C26H22N4O6S. The summed E-state index contributed by atoms with van der Waals surface area (Å²) in [6, 6.07) is 22.9. The number of benzene rings is 3. The Morgan fingerprint density at radius 1 is 0.973 bits per heavy atom. The summed E-state index contributed by atoms with van der Waals surface area (Å²) in [5, 5.41) is 10.6. The normalized spacial score (nSPS) is 17.4. The number of ether oxygens (including phenoxy) is 1. The summed E-state index contributed by atoms with van der Waals surface area (Å²) >= 11 is 0.606. The summed E-state index contributed by atoms with van der Waals surface area (Å²) in [6.07, 6.45) is -1.06. The Morgan fingerprint density at radius 2 is 1.68 bits per heavy atom. The van der Waals surface area contributed by atoms with Crippen molar-refractivity contribution in [2.45, 2.75) is 12.8 Å². The van der Waals surface area contributed by atoms with Crippen molar-refractivity contribution in [2.24, 2.45) is 0 Å². The topological polar surface area (TPSA) is 113 Å². The molecule has 0 aliphatic carbocycles. The van der Waals surface area contributed by atoms with Crippen molar-refractivity contribution in [2.75, 3.05) is 24.7 Å². The Bertz CT molecular complexity index is 1350. The van der Waals surface area contributed by atoms with Gasteiger partial charge in [0.1, 0.15) is 0 Å². The van der Waals surface area contributed by atoms with Gasteiger partial charge in [-0.1, -0.05) is 48.5 Å². The maximum Gasteiger partial charge on any atom is 0.292 e. The van der Waals surface area contributed by atoms with Crippen LogP contribution in [0.15, 0.2) is 78.9 Å². The van der Waals surface area contributed by atoms with Gasteiger partial charge in [-0.3, -0.25) is 29.4 Å². The van der Waals surface area contributed by atoms with Crippen molar-refractivity contribution < 1.29 is 24.0 Å². The monoisotopic (exact) mass is 518 g/mol. The number of anilines is 2. The number of nitrogens with zero attached hydrogens (tertiary/aromatic N) is 4. The number of thioether (sulfide) groups is 1. The molecule has 0 spiro atoms. The lowest BCUT2D eigenvalue weighted by molar-refractivity contribution is -0.384. The van der Waals surface area contributed by atoms with Crippen LogP contribution in [0.2, 0.25) is 0 Å². The van der Waals surface area contributed by atoms with Gasteiger partial charge in [0.15, 0.2) is 0 Å². The van der Waals surface area contributed by atoms with Crippen LogP contribution in [-0.4, -0.2) is 57.0 Å². The Morgan fingerprint density at radius 3 is 2.38 bits per heavy atom. The zero-order valence-corrected chi connectivity index (χ0v) is 20.4. The van der Waals surface area contributed by atoms with Crippen molar-refractivity contribution >= 4 is 45.1 Å². The fraction of sp³-hybridized carbons (Fsp3) is 0.192. The molecule has 1 unspecified atom stereocenters. The quantitative estimate of drug-likeness (QED) is 0.319. The van der Waals surface area contributed by atoms with E-state index in [9.17, 15) is 24.5 Å². The van der Waals surface area contributed by atoms with Crippen molar-refractivity contribution in [1.82, 2.24) is 9.80 Å². The fourth-order valence-corrected chi connectivity index (χ4v) is 5.05. The summed E-state index contributed by atoms with van der Waals surface area (Å²) in [6.45, 7) is 0.530. The summed E-state index contributed by atoms with van der Waals surface area (Å²) in [5.41, 5.74) is 2.28. The van der Waals surface area contributed by atoms with Gasteiger partial charge in [0.2, 0.25) is 11.3 Å². The van der Waals surface area contributed by atoms with Crippen molar-refractivity contribution in [3.05, 3.63) is 100 Å². The molecule has 1 saturated heterocycles. The highest BCUT2D eigenvalue weighted by atomic mass is 32.2. The van der Waals surface area contributed by atoms with Crippen LogP contribution in [0.4, 0.5) is 21.9 Å². The molecule has 0 bridgehead atoms. The third-order valence-corrected chi connectivity index (χ3v) is 6.93. The van der Waals surface area contributed by atoms with Gasteiger partial charge >= 0.3 is 0 Å². The van der Waals surface area contributed by atoms with E-state index in [1.165, 1.54) is 21.9 Å². The second kappa shape index (κ2) is 10.4. The first-order chi connectivity index (χ1) is 17.9. The Balaban J connectivity index is 1.33. The second-order valence-corrected chi connectivity index (χ2v) is 9.41. The smallest absolute Gasteiger partial charge is 0.292 e. The lowest BCUT2D eigenvalue weighted by atomic mass is 10.1. The number of non-ortho nitro benzene ring substituents is 1. The van der Waals surface area contributed by atoms with Crippen LogP contribution in [0.3, 0.4) is 0 Å². The molecule has 1 fully saturated rings. The highest BCUT2D eigenvalue weighted by Gasteiger charge is 2.41. The van der Waals surface area contributed by atoms with E-state index < -0.39 is 16.3 Å². The molecule has 1 atom stereocenters. The van der Waals surface area contributed by atoms with Gasteiger partial charge in [-0.2, -0.15) is 0 Å². The van der Waals surface area contributed by atoms with E-state index in [2.05, 4.69) is 0 Å². The summed E-state index contributed by atoms with van der Waals surface area (Å²) in [4.78, 5) is 53.7. The first kappa shape index (κ1) is 24.5. The number of hydrogen-bond acceptors (Lipinski definition) is 8. The van der Waals surface area contributed by atoms with E-state index >= 15 is 0 Å². The highest BCUT2D eigenvalue weighted by Crippen LogP contribution is 2.35. The number of para-hydroxylation sites is 1. The van der Waals surface area contributed by atoms with E-state index in [0.717, 1.165) is 11.3 Å². The number of amides is 2. The average molecular weight is 519 g/mol. The second-order valence-electron chi connectivity index (χ2n) is 8.46. The Kier molecular flexibility index (Phi) is 6.89. The predicted molar refractivity (Wildman–Crippen MR) is 137 cm³/mol. The molecule has 10 nitrogen and oxygen atoms in total. The minimum Gasteiger partial charge on any atom is -0.348 e. The zero-order valence-electron chi connectivity index (χ0n) is 19.6. The number of rotatable bonds is 8. The van der Waals surface area contributed by atoms with E-state index in [1.807, 2.05) is 65.6 Å². The molecule has 11 heteroatoms. The third-order valence-electron chi connectivity index (χ3n) is 6.12. The Labute approximate surface area is 216 Å². The van der Waals surface area contributed by atoms with Gasteiger partial charge in [0.25, 0.3) is 16.8 Å². The van der Waals surface area contributed by atoms with Crippen molar-refractivity contribution in [3.8, 4) is 0 Å². The summed E-state index contributed by atoms with van der Waals surface area (Å²) < 4.78 is 5.83. The third kappa shape index (κ3) is 5.04. The van der Waals surface area contributed by atoms with Gasteiger partial charge in [0.05, 0.1) is 29.4 Å². The minimum atomic E-state index is -1.06. The van der Waals surface area contributed by atoms with Gasteiger partial charge in [-0.05, 0) is 23.8 Å². The molecule has 2 heterocycles. The first-order valence-corrected chi connectivity index (χ1v) is 12.3. The molecule has 3 aromatic carbocycles. The van der Waals surface area contributed by atoms with Crippen LogP contribution in [0.25, 0.3) is 0 Å². The highest BCUT2D eigenvalue weighted by molar-refractivity contribution is 8.26. The lowest BCUT2D eigenvalue weighted by Crippen LogP contribution is -2.47. The average Bonchev–Trinajstić information content (AvgIpc) is 3.17. The molecule has 2 amide bonds. The number of carbonyl (C=O) groups excluding carboxylic acids is 3. The van der Waals surface area contributed by atoms with Crippen molar-refractivity contribution in [1.29, 1.82) is 0 Å². The lowest BCUT2D eigenvalue weighted by Gasteiger charge is -2.38. The molecule has 0 aromatic heterocycles. The molecule has 0 saturated carbocycles. The largest absolute Gasteiger partial charge is 0.348 e. The summed E-state index contributed by atoms with van der Waals surface area (Å²) in [7, 11) is 0. The molecule has 0 N–H and O–H groups in total. The standard InChI is InChI=1S/C26H22N4O6S/c31-23-21-15-20(30(34)35)11-12-22(21)29(19-9-5-2-6-10-19)17-27(23)13-14-36-24-25(32)37-26(33)28(24)16-18-7-3-1-4-8-18/h1-12,15,24H,13-14,16-17H2. The van der Waals surface area contributed by atoms with Crippen LogP contribution in [0.1, 0.15) is 15.9 Å². The van der Waals surface area contributed by atoms with Gasteiger partial charge in [-0.15, -0.1) is 0 Å². The van der Waals surface area contributed by atoms with E-state index in [-0.39, 0.29) is 48.8 Å². The van der Waals surface area contributed by atoms with Crippen LogP contribution in [0.5, 0.6) is 0 Å². The molecule has 0 radical (unpaired) electrons. The van der Waals surface area contributed by atoms with Crippen LogP contribution in [0, 0.1) is 10.1 Å². The maximum atomic E-state index is 13.3. The number of hydrogen-bond donors (Lipinski definition) is 0. The van der Waals surface area contributed by atoms with E-state index in [1.54, 1.807) is 6.07 Å². The van der Waals surface area contributed by atoms with Crippen LogP contribution < -0.4 is 4.90 Å². The molecule has 2 aliphatic heterocycles. The van der Waals surface area contributed by atoms with Gasteiger partial charge in [0, 0.05) is 42.7 Å². The van der Waals surface area contributed by atoms with Crippen LogP contribution >= 0.6 is 11.8 Å². The number of carbonyl (C=O) groups is 3. The molecule has 2 aliphatic rings. The maximum absolute atomic E-state index is 13.3. The van der Waals surface area contributed by atoms with E-state index in [4.69, 9.17) is 4.74 Å². The first-order valence-electron chi connectivity index (χ1n) is 11.5. The predicted octanol–water partition coefficient (Wildman–Crippen LogP) is 4.38. The summed E-state index contributed by atoms with van der Waals surface area (Å²) in [5.74, 6) is -0.376. The van der Waals surface area contributed by atoms with Crippen LogP contribution in [-0.2, 0) is 16.1 Å². The van der Waals surface area contributed by atoms with Crippen molar-refractivity contribution in [3.63, 3.8) is 0 Å². The minimum absolute atomic E-state index is 0.00579. The molecule has 3 aromatic rings. The Hall–Kier alpha value is -4.22.